The van der Waals surface area contributed by atoms with Crippen molar-refractivity contribution in [2.24, 2.45) is 5.41 Å². The topological polar surface area (TPSA) is 59.8 Å². The third-order valence-corrected chi connectivity index (χ3v) is 2.22. The Kier molecular flexibility index (Phi) is 4.04. The van der Waals surface area contributed by atoms with Gasteiger partial charge in [-0.25, -0.2) is 9.67 Å². The van der Waals surface area contributed by atoms with Crippen LogP contribution in [0.1, 0.15) is 39.9 Å². The maximum Gasteiger partial charge on any atom is 0.225 e. The monoisotopic (exact) mass is 224 g/mol. The molecule has 1 N–H and O–H groups in total. The fourth-order valence-corrected chi connectivity index (χ4v) is 1.25. The van der Waals surface area contributed by atoms with Crippen molar-refractivity contribution in [3.63, 3.8) is 0 Å². The van der Waals surface area contributed by atoms with Gasteiger partial charge in [-0.05, 0) is 6.42 Å². The lowest BCUT2D eigenvalue weighted by Gasteiger charge is -2.17. The molecule has 0 bridgehead atoms. The minimum Gasteiger partial charge on any atom is -0.348 e. The second kappa shape index (κ2) is 5.09. The fourth-order valence-electron chi connectivity index (χ4n) is 1.25. The number of amides is 1. The Bertz CT molecular complexity index is 351. The van der Waals surface area contributed by atoms with Crippen molar-refractivity contribution in [3.8, 4) is 0 Å². The molecule has 1 heterocycles. The number of aromatic nitrogens is 3. The summed E-state index contributed by atoms with van der Waals surface area (Å²) in [6.45, 7) is 9.02. The SMILES string of the molecule is CCCn1ncnc1CNC(=O)C(C)(C)C. The zero-order chi connectivity index (χ0) is 12.2. The van der Waals surface area contributed by atoms with Gasteiger partial charge in [-0.2, -0.15) is 5.10 Å². The molecule has 1 amide bonds. The quantitative estimate of drug-likeness (QED) is 0.839. The van der Waals surface area contributed by atoms with Gasteiger partial charge in [0.1, 0.15) is 12.2 Å². The number of carbonyl (C=O) groups is 1. The van der Waals surface area contributed by atoms with Crippen molar-refractivity contribution in [1.29, 1.82) is 0 Å². The van der Waals surface area contributed by atoms with Gasteiger partial charge in [-0.1, -0.05) is 27.7 Å². The van der Waals surface area contributed by atoms with E-state index in [1.54, 1.807) is 0 Å². The van der Waals surface area contributed by atoms with Crippen LogP contribution < -0.4 is 5.32 Å². The molecule has 1 rings (SSSR count). The van der Waals surface area contributed by atoms with Crippen LogP contribution in [0.15, 0.2) is 6.33 Å². The average molecular weight is 224 g/mol. The summed E-state index contributed by atoms with van der Waals surface area (Å²) in [6.07, 6.45) is 2.53. The van der Waals surface area contributed by atoms with E-state index in [1.807, 2.05) is 25.5 Å². The molecule has 0 radical (unpaired) electrons. The van der Waals surface area contributed by atoms with E-state index in [-0.39, 0.29) is 11.3 Å². The van der Waals surface area contributed by atoms with E-state index in [2.05, 4.69) is 22.3 Å². The van der Waals surface area contributed by atoms with Crippen molar-refractivity contribution >= 4 is 5.91 Å². The number of nitrogens with one attached hydrogen (secondary N) is 1. The smallest absolute Gasteiger partial charge is 0.225 e. The first-order valence-corrected chi connectivity index (χ1v) is 5.60. The van der Waals surface area contributed by atoms with E-state index < -0.39 is 0 Å². The third kappa shape index (κ3) is 3.32. The van der Waals surface area contributed by atoms with Crippen LogP contribution in [0.5, 0.6) is 0 Å². The zero-order valence-corrected chi connectivity index (χ0v) is 10.4. The summed E-state index contributed by atoms with van der Waals surface area (Å²) in [5.74, 6) is 0.831. The van der Waals surface area contributed by atoms with E-state index in [4.69, 9.17) is 0 Å². The van der Waals surface area contributed by atoms with Gasteiger partial charge in [-0.3, -0.25) is 4.79 Å². The standard InChI is InChI=1S/C11H20N4O/c1-5-6-15-9(13-8-14-15)7-12-10(16)11(2,3)4/h8H,5-7H2,1-4H3,(H,12,16). The number of aryl methyl sites for hydroxylation is 1. The first-order valence-electron chi connectivity index (χ1n) is 5.60. The van der Waals surface area contributed by atoms with E-state index in [0.717, 1.165) is 18.8 Å². The highest BCUT2D eigenvalue weighted by atomic mass is 16.2. The number of hydrogen-bond acceptors (Lipinski definition) is 3. The van der Waals surface area contributed by atoms with Crippen molar-refractivity contribution < 1.29 is 4.79 Å². The Morgan fingerprint density at radius 2 is 2.19 bits per heavy atom. The molecule has 0 unspecified atom stereocenters. The molecule has 5 nitrogen and oxygen atoms in total. The molecule has 0 spiro atoms. The number of rotatable bonds is 4. The molecule has 0 aromatic carbocycles. The average Bonchev–Trinajstić information content (AvgIpc) is 2.61. The molecule has 16 heavy (non-hydrogen) atoms. The minimum atomic E-state index is -0.365. The summed E-state index contributed by atoms with van der Waals surface area (Å²) < 4.78 is 1.82. The zero-order valence-electron chi connectivity index (χ0n) is 10.4. The largest absolute Gasteiger partial charge is 0.348 e. The lowest BCUT2D eigenvalue weighted by Crippen LogP contribution is -2.35. The summed E-state index contributed by atoms with van der Waals surface area (Å²) >= 11 is 0. The van der Waals surface area contributed by atoms with Gasteiger partial charge >= 0.3 is 0 Å². The van der Waals surface area contributed by atoms with Gasteiger partial charge in [0.15, 0.2) is 0 Å². The normalized spacial score (nSPS) is 11.5. The molecule has 0 fully saturated rings. The van der Waals surface area contributed by atoms with Gasteiger partial charge in [0.05, 0.1) is 6.54 Å². The first kappa shape index (κ1) is 12.7. The van der Waals surface area contributed by atoms with Crippen molar-refractivity contribution in [3.05, 3.63) is 12.2 Å². The lowest BCUT2D eigenvalue weighted by atomic mass is 9.96. The molecule has 90 valence electrons. The highest BCUT2D eigenvalue weighted by molar-refractivity contribution is 5.81. The Morgan fingerprint density at radius 3 is 2.75 bits per heavy atom. The van der Waals surface area contributed by atoms with Crippen LogP contribution in [-0.2, 0) is 17.9 Å². The molecule has 0 saturated carbocycles. The Labute approximate surface area is 96.3 Å². The van der Waals surface area contributed by atoms with Crippen molar-refractivity contribution in [1.82, 2.24) is 20.1 Å². The van der Waals surface area contributed by atoms with Crippen LogP contribution in [0, 0.1) is 5.41 Å². The second-order valence-corrected chi connectivity index (χ2v) is 4.83. The van der Waals surface area contributed by atoms with E-state index in [0.29, 0.717) is 6.54 Å². The number of nitrogens with zero attached hydrogens (tertiary/aromatic N) is 3. The predicted molar refractivity (Wildman–Crippen MR) is 61.6 cm³/mol. The highest BCUT2D eigenvalue weighted by Crippen LogP contribution is 2.12. The summed E-state index contributed by atoms with van der Waals surface area (Å²) in [6, 6.07) is 0. The van der Waals surface area contributed by atoms with Crippen LogP contribution in [0.2, 0.25) is 0 Å². The predicted octanol–water partition coefficient (Wildman–Crippen LogP) is 1.35. The molecule has 5 heteroatoms. The second-order valence-electron chi connectivity index (χ2n) is 4.83. The van der Waals surface area contributed by atoms with Crippen molar-refractivity contribution in [2.75, 3.05) is 0 Å². The Morgan fingerprint density at radius 1 is 1.50 bits per heavy atom. The number of carbonyl (C=O) groups excluding carboxylic acids is 1. The van der Waals surface area contributed by atoms with E-state index in [1.165, 1.54) is 6.33 Å². The van der Waals surface area contributed by atoms with Gasteiger partial charge < -0.3 is 5.32 Å². The van der Waals surface area contributed by atoms with E-state index >= 15 is 0 Å². The van der Waals surface area contributed by atoms with Gasteiger partial charge in [0.25, 0.3) is 0 Å². The molecule has 0 saturated heterocycles. The van der Waals surface area contributed by atoms with Crippen LogP contribution in [-0.4, -0.2) is 20.7 Å². The lowest BCUT2D eigenvalue weighted by molar-refractivity contribution is -0.128. The van der Waals surface area contributed by atoms with Crippen molar-refractivity contribution in [2.45, 2.75) is 47.2 Å². The van der Waals surface area contributed by atoms with Crippen LogP contribution in [0.25, 0.3) is 0 Å². The molecule has 1 aromatic heterocycles. The molecule has 0 aliphatic carbocycles. The molecular weight excluding hydrogens is 204 g/mol. The Balaban J connectivity index is 2.54. The van der Waals surface area contributed by atoms with E-state index in [9.17, 15) is 4.79 Å². The minimum absolute atomic E-state index is 0.0264. The fraction of sp³-hybridized carbons (Fsp3) is 0.727. The molecule has 0 aliphatic heterocycles. The summed E-state index contributed by atoms with van der Waals surface area (Å²) in [5, 5.41) is 6.96. The third-order valence-electron chi connectivity index (χ3n) is 2.22. The molecular formula is C11H20N4O. The van der Waals surface area contributed by atoms with Crippen LogP contribution >= 0.6 is 0 Å². The molecule has 1 aromatic rings. The van der Waals surface area contributed by atoms with Gasteiger partial charge in [0.2, 0.25) is 5.91 Å². The maximum absolute atomic E-state index is 11.7. The maximum atomic E-state index is 11.7. The summed E-state index contributed by atoms with van der Waals surface area (Å²) in [5.41, 5.74) is -0.365. The first-order chi connectivity index (χ1) is 7.45. The van der Waals surface area contributed by atoms with Crippen LogP contribution in [0.4, 0.5) is 0 Å². The van der Waals surface area contributed by atoms with Gasteiger partial charge in [-0.15, -0.1) is 0 Å². The highest BCUT2D eigenvalue weighted by Gasteiger charge is 2.21. The summed E-state index contributed by atoms with van der Waals surface area (Å²) in [4.78, 5) is 15.8. The number of hydrogen-bond donors (Lipinski definition) is 1. The molecule has 0 aliphatic rings. The summed E-state index contributed by atoms with van der Waals surface area (Å²) in [7, 11) is 0. The Hall–Kier alpha value is -1.39. The molecule has 0 atom stereocenters. The van der Waals surface area contributed by atoms with Gasteiger partial charge in [0, 0.05) is 12.0 Å². The van der Waals surface area contributed by atoms with Crippen LogP contribution in [0.3, 0.4) is 0 Å².